The molecule has 0 saturated carbocycles. The molecular formula is C9H8Br4O2. The molecule has 2 nitrogen and oxygen atoms in total. The zero-order valence-corrected chi connectivity index (χ0v) is 14.4. The van der Waals surface area contributed by atoms with Gasteiger partial charge in [-0.15, -0.1) is 0 Å². The minimum atomic E-state index is 0.668. The van der Waals surface area contributed by atoms with Gasteiger partial charge in [-0.2, -0.15) is 0 Å². The van der Waals surface area contributed by atoms with Gasteiger partial charge in [0.15, 0.2) is 11.5 Å². The first kappa shape index (κ1) is 13.8. The fraction of sp³-hybridized carbons (Fsp3) is 0.333. The molecule has 0 fully saturated rings. The molecule has 1 aromatic carbocycles. The van der Waals surface area contributed by atoms with Crippen LogP contribution in [0.15, 0.2) is 13.4 Å². The Morgan fingerprint density at radius 1 is 0.867 bits per heavy atom. The number of benzene rings is 1. The third-order valence-electron chi connectivity index (χ3n) is 1.87. The van der Waals surface area contributed by atoms with Crippen LogP contribution < -0.4 is 9.47 Å². The van der Waals surface area contributed by atoms with Crippen LogP contribution in [0.1, 0.15) is 5.56 Å². The molecule has 84 valence electrons. The lowest BCUT2D eigenvalue weighted by molar-refractivity contribution is 0.350. The molecule has 0 spiro atoms. The maximum absolute atomic E-state index is 5.30. The monoisotopic (exact) mass is 464 g/mol. The van der Waals surface area contributed by atoms with Crippen molar-refractivity contribution >= 4 is 63.7 Å². The molecule has 0 radical (unpaired) electrons. The lowest BCUT2D eigenvalue weighted by Gasteiger charge is -2.16. The van der Waals surface area contributed by atoms with Crippen LogP contribution in [0.4, 0.5) is 0 Å². The molecule has 0 heterocycles. The largest absolute Gasteiger partial charge is 0.492 e. The summed E-state index contributed by atoms with van der Waals surface area (Å²) in [6.07, 6.45) is 0. The van der Waals surface area contributed by atoms with E-state index in [-0.39, 0.29) is 0 Å². The number of methoxy groups -OCH3 is 2. The van der Waals surface area contributed by atoms with Crippen LogP contribution in [0.5, 0.6) is 11.5 Å². The predicted molar refractivity (Wildman–Crippen MR) is 75.3 cm³/mol. The average molecular weight is 468 g/mol. The molecule has 1 rings (SSSR count). The first-order valence-corrected chi connectivity index (χ1v) is 7.41. The lowest BCUT2D eigenvalue weighted by atomic mass is 10.2. The summed E-state index contributed by atoms with van der Waals surface area (Å²) >= 11 is 13.9. The van der Waals surface area contributed by atoms with E-state index in [1.165, 1.54) is 0 Å². The summed E-state index contributed by atoms with van der Waals surface area (Å²) in [4.78, 5) is 0. The zero-order chi connectivity index (χ0) is 11.6. The minimum Gasteiger partial charge on any atom is -0.492 e. The second-order valence-electron chi connectivity index (χ2n) is 2.62. The van der Waals surface area contributed by atoms with Crippen molar-refractivity contribution in [1.29, 1.82) is 0 Å². The van der Waals surface area contributed by atoms with Crippen LogP contribution in [-0.4, -0.2) is 14.2 Å². The quantitative estimate of drug-likeness (QED) is 0.466. The maximum atomic E-state index is 5.30. The third kappa shape index (κ3) is 2.53. The number of rotatable bonds is 3. The Balaban J connectivity index is 3.57. The molecule has 0 amide bonds. The van der Waals surface area contributed by atoms with E-state index in [1.54, 1.807) is 14.2 Å². The summed E-state index contributed by atoms with van der Waals surface area (Å²) in [5, 5.41) is 0.715. The number of alkyl halides is 1. The fourth-order valence-electron chi connectivity index (χ4n) is 1.15. The van der Waals surface area contributed by atoms with E-state index in [0.29, 0.717) is 16.8 Å². The Labute approximate surface area is 122 Å². The zero-order valence-electron chi connectivity index (χ0n) is 8.04. The summed E-state index contributed by atoms with van der Waals surface area (Å²) in [5.74, 6) is 1.35. The first-order valence-electron chi connectivity index (χ1n) is 3.91. The van der Waals surface area contributed by atoms with Crippen molar-refractivity contribution in [3.8, 4) is 11.5 Å². The molecule has 0 atom stereocenters. The molecule has 0 unspecified atom stereocenters. The Morgan fingerprint density at radius 3 is 1.73 bits per heavy atom. The molecule has 15 heavy (non-hydrogen) atoms. The van der Waals surface area contributed by atoms with Crippen LogP contribution in [0.3, 0.4) is 0 Å². The normalized spacial score (nSPS) is 10.3. The predicted octanol–water partition coefficient (Wildman–Crippen LogP) is 4.89. The van der Waals surface area contributed by atoms with E-state index in [1.807, 2.05) is 0 Å². The number of hydrogen-bond acceptors (Lipinski definition) is 2. The molecule has 0 bridgehead atoms. The van der Waals surface area contributed by atoms with E-state index in [9.17, 15) is 0 Å². The van der Waals surface area contributed by atoms with Crippen molar-refractivity contribution in [2.45, 2.75) is 5.33 Å². The van der Waals surface area contributed by atoms with Gasteiger partial charge in [-0.1, -0.05) is 15.9 Å². The molecule has 0 N–H and O–H groups in total. The number of halogens is 4. The van der Waals surface area contributed by atoms with Gasteiger partial charge in [0.2, 0.25) is 0 Å². The molecule has 0 aliphatic rings. The Bertz CT molecular complexity index is 379. The van der Waals surface area contributed by atoms with Crippen molar-refractivity contribution in [2.24, 2.45) is 0 Å². The van der Waals surface area contributed by atoms with Gasteiger partial charge in [0.05, 0.1) is 23.2 Å². The smallest absolute Gasteiger partial charge is 0.177 e. The Morgan fingerprint density at radius 2 is 1.33 bits per heavy atom. The third-order valence-corrected chi connectivity index (χ3v) is 5.43. The number of ether oxygens (including phenoxy) is 2. The molecule has 1 aromatic rings. The summed E-state index contributed by atoms with van der Waals surface area (Å²) in [6, 6.07) is 0. The highest BCUT2D eigenvalue weighted by molar-refractivity contribution is 9.13. The van der Waals surface area contributed by atoms with Crippen molar-refractivity contribution in [1.82, 2.24) is 0 Å². The van der Waals surface area contributed by atoms with Crippen molar-refractivity contribution < 1.29 is 9.47 Å². The molecule has 0 aromatic heterocycles. The summed E-state index contributed by atoms with van der Waals surface area (Å²) < 4.78 is 13.3. The van der Waals surface area contributed by atoms with Gasteiger partial charge in [-0.25, -0.2) is 0 Å². The first-order chi connectivity index (χ1) is 7.08. The fourth-order valence-corrected chi connectivity index (χ4v) is 4.51. The van der Waals surface area contributed by atoms with Gasteiger partial charge in [-0.05, 0) is 53.4 Å². The summed E-state index contributed by atoms with van der Waals surface area (Å²) in [7, 11) is 3.22. The second kappa shape index (κ2) is 5.89. The van der Waals surface area contributed by atoms with Gasteiger partial charge in [-0.3, -0.25) is 0 Å². The minimum absolute atomic E-state index is 0.668. The van der Waals surface area contributed by atoms with Crippen LogP contribution >= 0.6 is 63.7 Å². The Kier molecular flexibility index (Phi) is 5.42. The summed E-state index contributed by atoms with van der Waals surface area (Å²) in [5.41, 5.74) is 1.07. The van der Waals surface area contributed by atoms with E-state index in [4.69, 9.17) is 9.47 Å². The lowest BCUT2D eigenvalue weighted by Crippen LogP contribution is -1.97. The highest BCUT2D eigenvalue weighted by Crippen LogP contribution is 2.48. The molecular weight excluding hydrogens is 460 g/mol. The van der Waals surface area contributed by atoms with E-state index in [2.05, 4.69) is 63.7 Å². The van der Waals surface area contributed by atoms with Crippen LogP contribution in [0.2, 0.25) is 0 Å². The van der Waals surface area contributed by atoms with Crippen molar-refractivity contribution in [3.63, 3.8) is 0 Å². The maximum Gasteiger partial charge on any atom is 0.177 e. The topological polar surface area (TPSA) is 18.5 Å². The van der Waals surface area contributed by atoms with Gasteiger partial charge in [0, 0.05) is 9.80 Å². The molecule has 6 heteroatoms. The van der Waals surface area contributed by atoms with Crippen LogP contribution in [0, 0.1) is 0 Å². The standard InChI is InChI=1S/C9H8Br4O2/c1-14-8-6(12)4(3-10)5(11)7(13)9(8)15-2/h3H2,1-2H3. The van der Waals surface area contributed by atoms with Crippen LogP contribution in [-0.2, 0) is 5.33 Å². The highest BCUT2D eigenvalue weighted by atomic mass is 79.9. The SMILES string of the molecule is COc1c(Br)c(Br)c(CBr)c(Br)c1OC. The van der Waals surface area contributed by atoms with Gasteiger partial charge in [0.25, 0.3) is 0 Å². The van der Waals surface area contributed by atoms with Gasteiger partial charge < -0.3 is 9.47 Å². The van der Waals surface area contributed by atoms with E-state index >= 15 is 0 Å². The molecule has 0 saturated heterocycles. The number of hydrogen-bond donors (Lipinski definition) is 0. The van der Waals surface area contributed by atoms with Gasteiger partial charge in [0.1, 0.15) is 0 Å². The highest BCUT2D eigenvalue weighted by Gasteiger charge is 2.20. The van der Waals surface area contributed by atoms with Crippen molar-refractivity contribution in [2.75, 3.05) is 14.2 Å². The van der Waals surface area contributed by atoms with E-state index in [0.717, 1.165) is 19.0 Å². The second-order valence-corrected chi connectivity index (χ2v) is 5.56. The van der Waals surface area contributed by atoms with Crippen LogP contribution in [0.25, 0.3) is 0 Å². The van der Waals surface area contributed by atoms with Gasteiger partial charge >= 0.3 is 0 Å². The summed E-state index contributed by atoms with van der Waals surface area (Å²) in [6.45, 7) is 0. The molecule has 0 aliphatic carbocycles. The molecule has 0 aliphatic heterocycles. The Hall–Kier alpha value is 0.740. The van der Waals surface area contributed by atoms with E-state index < -0.39 is 0 Å². The van der Waals surface area contributed by atoms with Crippen molar-refractivity contribution in [3.05, 3.63) is 19.0 Å². The average Bonchev–Trinajstić information content (AvgIpc) is 2.23.